The van der Waals surface area contributed by atoms with Gasteiger partial charge in [-0.1, -0.05) is 26.0 Å². The van der Waals surface area contributed by atoms with Crippen molar-refractivity contribution in [2.75, 3.05) is 12.3 Å². The Hall–Kier alpha value is -2.16. The minimum Gasteiger partial charge on any atom is -0.494 e. The maximum Gasteiger partial charge on any atom is 0.133 e. The number of nitrogen functional groups attached to an aromatic ring is 1. The van der Waals surface area contributed by atoms with E-state index in [1.54, 1.807) is 6.07 Å². The predicted octanol–water partition coefficient (Wildman–Crippen LogP) is 4.89. The van der Waals surface area contributed by atoms with Crippen molar-refractivity contribution in [3.05, 3.63) is 47.5 Å². The van der Waals surface area contributed by atoms with Gasteiger partial charge < -0.3 is 15.2 Å². The molecule has 0 aliphatic rings. The standard InChI is InChI=1S/C18H23NO2/c1-5-20-16-9-15(19)10-17(11-16)21-18-8-14(12(2)3)7-6-13(18)4/h6-12H,5,19H2,1-4H3. The fourth-order valence-electron chi connectivity index (χ4n) is 2.12. The third-order valence-corrected chi connectivity index (χ3v) is 3.32. The molecule has 0 heterocycles. The van der Waals surface area contributed by atoms with Crippen LogP contribution in [0.1, 0.15) is 37.8 Å². The predicted molar refractivity (Wildman–Crippen MR) is 87.4 cm³/mol. The molecule has 0 amide bonds. The highest BCUT2D eigenvalue weighted by Gasteiger charge is 2.07. The van der Waals surface area contributed by atoms with Crippen LogP contribution in [-0.2, 0) is 0 Å². The molecule has 2 rings (SSSR count). The molecule has 0 fully saturated rings. The molecule has 0 saturated carbocycles. The molecule has 0 unspecified atom stereocenters. The summed E-state index contributed by atoms with van der Waals surface area (Å²) in [6.07, 6.45) is 0. The molecule has 0 saturated heterocycles. The van der Waals surface area contributed by atoms with Gasteiger partial charge in [0.05, 0.1) is 6.61 Å². The van der Waals surface area contributed by atoms with E-state index in [9.17, 15) is 0 Å². The topological polar surface area (TPSA) is 44.5 Å². The first kappa shape index (κ1) is 15.2. The van der Waals surface area contributed by atoms with Crippen LogP contribution in [0.4, 0.5) is 5.69 Å². The molecular formula is C18H23NO2. The van der Waals surface area contributed by atoms with Gasteiger partial charge in [0.25, 0.3) is 0 Å². The number of anilines is 1. The number of aryl methyl sites for hydroxylation is 1. The highest BCUT2D eigenvalue weighted by atomic mass is 16.5. The monoisotopic (exact) mass is 285 g/mol. The van der Waals surface area contributed by atoms with E-state index in [-0.39, 0.29) is 0 Å². The summed E-state index contributed by atoms with van der Waals surface area (Å²) in [5.41, 5.74) is 8.88. The lowest BCUT2D eigenvalue weighted by Gasteiger charge is -2.14. The van der Waals surface area contributed by atoms with Gasteiger partial charge in [0.15, 0.2) is 0 Å². The lowest BCUT2D eigenvalue weighted by atomic mass is 10.0. The van der Waals surface area contributed by atoms with E-state index >= 15 is 0 Å². The van der Waals surface area contributed by atoms with Crippen LogP contribution in [0.2, 0.25) is 0 Å². The van der Waals surface area contributed by atoms with Gasteiger partial charge in [-0.15, -0.1) is 0 Å². The molecule has 3 nitrogen and oxygen atoms in total. The maximum atomic E-state index is 6.01. The van der Waals surface area contributed by atoms with Crippen molar-refractivity contribution in [1.82, 2.24) is 0 Å². The van der Waals surface area contributed by atoms with Gasteiger partial charge in [0, 0.05) is 23.9 Å². The summed E-state index contributed by atoms with van der Waals surface area (Å²) in [5, 5.41) is 0. The van der Waals surface area contributed by atoms with Crippen LogP contribution in [0.3, 0.4) is 0 Å². The third kappa shape index (κ3) is 3.91. The summed E-state index contributed by atoms with van der Waals surface area (Å²) < 4.78 is 11.5. The van der Waals surface area contributed by atoms with Crippen molar-refractivity contribution >= 4 is 5.69 Å². The van der Waals surface area contributed by atoms with Gasteiger partial charge >= 0.3 is 0 Å². The van der Waals surface area contributed by atoms with E-state index in [1.807, 2.05) is 26.0 Å². The smallest absolute Gasteiger partial charge is 0.133 e. The first-order valence-corrected chi connectivity index (χ1v) is 7.31. The number of hydrogen-bond acceptors (Lipinski definition) is 3. The van der Waals surface area contributed by atoms with Gasteiger partial charge in [0.1, 0.15) is 17.2 Å². The average molecular weight is 285 g/mol. The van der Waals surface area contributed by atoms with E-state index < -0.39 is 0 Å². The molecule has 2 aromatic rings. The molecule has 112 valence electrons. The molecule has 0 spiro atoms. The first-order valence-electron chi connectivity index (χ1n) is 7.31. The van der Waals surface area contributed by atoms with Crippen molar-refractivity contribution in [3.8, 4) is 17.2 Å². The zero-order valence-corrected chi connectivity index (χ0v) is 13.1. The van der Waals surface area contributed by atoms with Crippen molar-refractivity contribution in [2.24, 2.45) is 0 Å². The molecule has 0 radical (unpaired) electrons. The molecule has 21 heavy (non-hydrogen) atoms. The Morgan fingerprint density at radius 1 is 1.05 bits per heavy atom. The zero-order chi connectivity index (χ0) is 15.4. The second kappa shape index (κ2) is 6.53. The second-order valence-corrected chi connectivity index (χ2v) is 5.45. The fraction of sp³-hybridized carbons (Fsp3) is 0.333. The van der Waals surface area contributed by atoms with E-state index in [2.05, 4.69) is 32.0 Å². The molecule has 0 aliphatic carbocycles. The summed E-state index contributed by atoms with van der Waals surface area (Å²) in [6, 6.07) is 11.8. The Labute approximate surface area is 126 Å². The van der Waals surface area contributed by atoms with E-state index in [4.69, 9.17) is 15.2 Å². The van der Waals surface area contributed by atoms with Crippen LogP contribution < -0.4 is 15.2 Å². The highest BCUT2D eigenvalue weighted by Crippen LogP contribution is 2.32. The normalized spacial score (nSPS) is 10.7. The third-order valence-electron chi connectivity index (χ3n) is 3.32. The SMILES string of the molecule is CCOc1cc(N)cc(Oc2cc(C(C)C)ccc2C)c1. The van der Waals surface area contributed by atoms with Gasteiger partial charge in [0.2, 0.25) is 0 Å². The number of benzene rings is 2. The Morgan fingerprint density at radius 3 is 2.43 bits per heavy atom. The van der Waals surface area contributed by atoms with Crippen molar-refractivity contribution < 1.29 is 9.47 Å². The molecule has 3 heteroatoms. The molecule has 2 N–H and O–H groups in total. The molecule has 0 aliphatic heterocycles. The molecule has 0 bridgehead atoms. The Morgan fingerprint density at radius 2 is 1.76 bits per heavy atom. The van der Waals surface area contributed by atoms with Crippen LogP contribution >= 0.6 is 0 Å². The number of rotatable bonds is 5. The molecular weight excluding hydrogens is 262 g/mol. The number of nitrogens with two attached hydrogens (primary N) is 1. The number of hydrogen-bond donors (Lipinski definition) is 1. The second-order valence-electron chi connectivity index (χ2n) is 5.45. The van der Waals surface area contributed by atoms with Crippen molar-refractivity contribution in [2.45, 2.75) is 33.6 Å². The van der Waals surface area contributed by atoms with Gasteiger partial charge in [-0.05, 0) is 37.0 Å². The van der Waals surface area contributed by atoms with Crippen LogP contribution in [-0.4, -0.2) is 6.61 Å². The maximum absolute atomic E-state index is 6.01. The van der Waals surface area contributed by atoms with Gasteiger partial charge in [-0.2, -0.15) is 0 Å². The van der Waals surface area contributed by atoms with Gasteiger partial charge in [-0.25, -0.2) is 0 Å². The minimum absolute atomic E-state index is 0.466. The van der Waals surface area contributed by atoms with Crippen molar-refractivity contribution in [3.63, 3.8) is 0 Å². The fourth-order valence-corrected chi connectivity index (χ4v) is 2.12. The molecule has 0 aromatic heterocycles. The Kier molecular flexibility index (Phi) is 4.73. The molecule has 2 aromatic carbocycles. The van der Waals surface area contributed by atoms with Gasteiger partial charge in [-0.3, -0.25) is 0 Å². The quantitative estimate of drug-likeness (QED) is 0.795. The van der Waals surface area contributed by atoms with E-state index in [0.29, 0.717) is 24.0 Å². The summed E-state index contributed by atoms with van der Waals surface area (Å²) in [7, 11) is 0. The van der Waals surface area contributed by atoms with Crippen LogP contribution in [0.5, 0.6) is 17.2 Å². The van der Waals surface area contributed by atoms with Crippen LogP contribution in [0.25, 0.3) is 0 Å². The average Bonchev–Trinajstić information content (AvgIpc) is 2.40. The summed E-state index contributed by atoms with van der Waals surface area (Å²) in [4.78, 5) is 0. The largest absolute Gasteiger partial charge is 0.494 e. The summed E-state index contributed by atoms with van der Waals surface area (Å²) in [6.45, 7) is 8.92. The highest BCUT2D eigenvalue weighted by molar-refractivity contribution is 5.52. The number of ether oxygens (including phenoxy) is 2. The first-order chi connectivity index (χ1) is 9.99. The van der Waals surface area contributed by atoms with E-state index in [1.165, 1.54) is 5.56 Å². The Bertz CT molecular complexity index is 621. The zero-order valence-electron chi connectivity index (χ0n) is 13.1. The summed E-state index contributed by atoms with van der Waals surface area (Å²) >= 11 is 0. The van der Waals surface area contributed by atoms with Crippen LogP contribution in [0.15, 0.2) is 36.4 Å². The lowest BCUT2D eigenvalue weighted by Crippen LogP contribution is -1.96. The van der Waals surface area contributed by atoms with E-state index in [0.717, 1.165) is 17.1 Å². The lowest BCUT2D eigenvalue weighted by molar-refractivity contribution is 0.338. The minimum atomic E-state index is 0.466. The summed E-state index contributed by atoms with van der Waals surface area (Å²) in [5.74, 6) is 2.75. The van der Waals surface area contributed by atoms with Crippen LogP contribution in [0, 0.1) is 6.92 Å². The molecule has 0 atom stereocenters. The van der Waals surface area contributed by atoms with Crippen molar-refractivity contribution in [1.29, 1.82) is 0 Å². The Balaban J connectivity index is 2.31.